The first-order valence-corrected chi connectivity index (χ1v) is 6.67. The van der Waals surface area contributed by atoms with Gasteiger partial charge in [0.1, 0.15) is 5.82 Å². The van der Waals surface area contributed by atoms with Gasteiger partial charge in [-0.3, -0.25) is 4.79 Å². The summed E-state index contributed by atoms with van der Waals surface area (Å²) in [6.07, 6.45) is 0. The molecule has 0 aliphatic carbocycles. The van der Waals surface area contributed by atoms with E-state index in [2.05, 4.69) is 21.2 Å². The number of anilines is 1. The highest BCUT2D eigenvalue weighted by Gasteiger charge is 2.11. The fourth-order valence-electron chi connectivity index (χ4n) is 1.63. The molecule has 5 heteroatoms. The van der Waals surface area contributed by atoms with Gasteiger partial charge in [0.25, 0.3) is 5.91 Å². The molecule has 2 rings (SSSR count). The molecule has 0 saturated carbocycles. The smallest absolute Gasteiger partial charge is 0.255 e. The maximum absolute atomic E-state index is 13.1. The van der Waals surface area contributed by atoms with Gasteiger partial charge in [0, 0.05) is 16.3 Å². The Bertz CT molecular complexity index is 645. The van der Waals surface area contributed by atoms with Crippen LogP contribution in [0.1, 0.15) is 15.9 Å². The van der Waals surface area contributed by atoms with Gasteiger partial charge in [-0.1, -0.05) is 17.7 Å². The lowest BCUT2D eigenvalue weighted by molar-refractivity contribution is 0.102. The Morgan fingerprint density at radius 1 is 1.32 bits per heavy atom. The first kappa shape index (κ1) is 14.0. The lowest BCUT2D eigenvalue weighted by Gasteiger charge is -2.09. The maximum Gasteiger partial charge on any atom is 0.255 e. The summed E-state index contributed by atoms with van der Waals surface area (Å²) in [6.45, 7) is 1.78. The van der Waals surface area contributed by atoms with Crippen molar-refractivity contribution >= 4 is 39.1 Å². The predicted molar refractivity (Wildman–Crippen MR) is 78.2 cm³/mol. The maximum atomic E-state index is 13.1. The van der Waals surface area contributed by atoms with E-state index in [0.717, 1.165) is 0 Å². The highest BCUT2D eigenvalue weighted by molar-refractivity contribution is 9.10. The van der Waals surface area contributed by atoms with Gasteiger partial charge < -0.3 is 5.32 Å². The molecule has 0 aliphatic heterocycles. The fraction of sp³-hybridized carbons (Fsp3) is 0.0714. The zero-order valence-corrected chi connectivity index (χ0v) is 12.3. The number of carbonyl (C=O) groups is 1. The van der Waals surface area contributed by atoms with Crippen LogP contribution in [0.5, 0.6) is 0 Å². The monoisotopic (exact) mass is 341 g/mol. The summed E-state index contributed by atoms with van der Waals surface area (Å²) in [5, 5.41) is 3.24. The Hall–Kier alpha value is -1.39. The third kappa shape index (κ3) is 3.14. The number of amides is 1. The van der Waals surface area contributed by atoms with E-state index in [1.165, 1.54) is 18.2 Å². The van der Waals surface area contributed by atoms with Crippen LogP contribution in [0, 0.1) is 12.7 Å². The Labute approximate surface area is 123 Å². The van der Waals surface area contributed by atoms with Crippen molar-refractivity contribution in [2.45, 2.75) is 6.92 Å². The first-order chi connectivity index (χ1) is 8.99. The van der Waals surface area contributed by atoms with Crippen LogP contribution in [-0.2, 0) is 0 Å². The molecule has 0 saturated heterocycles. The van der Waals surface area contributed by atoms with Crippen LogP contribution in [-0.4, -0.2) is 5.91 Å². The molecule has 1 N–H and O–H groups in total. The summed E-state index contributed by atoms with van der Waals surface area (Å²) in [6, 6.07) is 9.41. The molecule has 0 spiro atoms. The van der Waals surface area contributed by atoms with Gasteiger partial charge in [-0.15, -0.1) is 0 Å². The van der Waals surface area contributed by atoms with Gasteiger partial charge in [-0.25, -0.2) is 4.39 Å². The minimum atomic E-state index is -0.378. The number of hydrogen-bond donors (Lipinski definition) is 1. The SMILES string of the molecule is Cc1c(Cl)cccc1C(=O)Nc1ccc(F)c(Br)c1. The summed E-state index contributed by atoms with van der Waals surface area (Å²) >= 11 is 9.04. The lowest BCUT2D eigenvalue weighted by atomic mass is 10.1. The van der Waals surface area contributed by atoms with Gasteiger partial charge in [0.05, 0.1) is 4.47 Å². The molecule has 2 aromatic rings. The van der Waals surface area contributed by atoms with Crippen molar-refractivity contribution in [1.29, 1.82) is 0 Å². The second-order valence-electron chi connectivity index (χ2n) is 4.00. The second kappa shape index (κ2) is 5.72. The van der Waals surface area contributed by atoms with E-state index >= 15 is 0 Å². The molecular formula is C14H10BrClFNO. The molecule has 0 unspecified atom stereocenters. The van der Waals surface area contributed by atoms with Crippen molar-refractivity contribution < 1.29 is 9.18 Å². The zero-order chi connectivity index (χ0) is 14.0. The number of carbonyl (C=O) groups excluding carboxylic acids is 1. The van der Waals surface area contributed by atoms with E-state index in [4.69, 9.17) is 11.6 Å². The van der Waals surface area contributed by atoms with Crippen LogP contribution in [0.3, 0.4) is 0 Å². The van der Waals surface area contributed by atoms with Crippen LogP contribution >= 0.6 is 27.5 Å². The number of rotatable bonds is 2. The summed E-state index contributed by atoms with van der Waals surface area (Å²) < 4.78 is 13.4. The standard InChI is InChI=1S/C14H10BrClFNO/c1-8-10(3-2-4-12(8)16)14(19)18-9-5-6-13(17)11(15)7-9/h2-7H,1H3,(H,18,19). The third-order valence-corrected chi connectivity index (χ3v) is 3.71. The fourth-order valence-corrected chi connectivity index (χ4v) is 2.18. The minimum absolute atomic E-state index is 0.279. The molecule has 2 aromatic carbocycles. The molecule has 1 amide bonds. The number of halogens is 3. The van der Waals surface area contributed by atoms with E-state index in [-0.39, 0.29) is 11.7 Å². The lowest BCUT2D eigenvalue weighted by Crippen LogP contribution is -2.13. The van der Waals surface area contributed by atoms with E-state index in [1.54, 1.807) is 25.1 Å². The molecule has 0 aromatic heterocycles. The van der Waals surface area contributed by atoms with Gasteiger partial charge in [-0.2, -0.15) is 0 Å². The van der Waals surface area contributed by atoms with Crippen LogP contribution in [0.2, 0.25) is 5.02 Å². The van der Waals surface area contributed by atoms with E-state index in [1.807, 2.05) is 0 Å². The Morgan fingerprint density at radius 2 is 2.05 bits per heavy atom. The number of benzene rings is 2. The molecule has 0 atom stereocenters. The Kier molecular flexibility index (Phi) is 4.22. The largest absolute Gasteiger partial charge is 0.322 e. The van der Waals surface area contributed by atoms with Crippen molar-refractivity contribution in [2.24, 2.45) is 0 Å². The van der Waals surface area contributed by atoms with Crippen molar-refractivity contribution in [3.8, 4) is 0 Å². The van der Waals surface area contributed by atoms with Crippen LogP contribution in [0.15, 0.2) is 40.9 Å². The van der Waals surface area contributed by atoms with Crippen molar-refractivity contribution in [1.82, 2.24) is 0 Å². The zero-order valence-electron chi connectivity index (χ0n) is 10.0. The molecular weight excluding hydrogens is 333 g/mol. The molecule has 0 heterocycles. The van der Waals surface area contributed by atoms with Crippen molar-refractivity contribution in [2.75, 3.05) is 5.32 Å². The summed E-state index contributed by atoms with van der Waals surface area (Å²) in [4.78, 5) is 12.1. The quantitative estimate of drug-likeness (QED) is 0.834. The Balaban J connectivity index is 2.26. The Morgan fingerprint density at radius 3 is 2.74 bits per heavy atom. The van der Waals surface area contributed by atoms with E-state index < -0.39 is 0 Å². The van der Waals surface area contributed by atoms with Crippen LogP contribution in [0.4, 0.5) is 10.1 Å². The summed E-state index contributed by atoms with van der Waals surface area (Å²) in [5.41, 5.74) is 1.72. The topological polar surface area (TPSA) is 29.1 Å². The average Bonchev–Trinajstić information content (AvgIpc) is 2.37. The number of nitrogens with one attached hydrogen (secondary N) is 1. The molecule has 0 fully saturated rings. The van der Waals surface area contributed by atoms with Gasteiger partial charge >= 0.3 is 0 Å². The van der Waals surface area contributed by atoms with Gasteiger partial charge in [-0.05, 0) is 58.7 Å². The molecule has 0 radical (unpaired) electrons. The summed E-state index contributed by atoms with van der Waals surface area (Å²) in [5.74, 6) is -0.657. The highest BCUT2D eigenvalue weighted by atomic mass is 79.9. The normalized spacial score (nSPS) is 10.3. The molecule has 2 nitrogen and oxygen atoms in total. The first-order valence-electron chi connectivity index (χ1n) is 5.50. The van der Waals surface area contributed by atoms with Gasteiger partial charge in [0.2, 0.25) is 0 Å². The van der Waals surface area contributed by atoms with Crippen molar-refractivity contribution in [3.05, 3.63) is 62.8 Å². The third-order valence-electron chi connectivity index (χ3n) is 2.69. The van der Waals surface area contributed by atoms with Gasteiger partial charge in [0.15, 0.2) is 0 Å². The van der Waals surface area contributed by atoms with Crippen LogP contribution < -0.4 is 5.32 Å². The number of hydrogen-bond acceptors (Lipinski definition) is 1. The molecule has 0 aliphatic rings. The minimum Gasteiger partial charge on any atom is -0.322 e. The average molecular weight is 343 g/mol. The van der Waals surface area contributed by atoms with Crippen molar-refractivity contribution in [3.63, 3.8) is 0 Å². The second-order valence-corrected chi connectivity index (χ2v) is 5.26. The van der Waals surface area contributed by atoms with E-state index in [9.17, 15) is 9.18 Å². The summed E-state index contributed by atoms with van der Waals surface area (Å²) in [7, 11) is 0. The highest BCUT2D eigenvalue weighted by Crippen LogP contribution is 2.22. The molecule has 0 bridgehead atoms. The predicted octanol–water partition coefficient (Wildman–Crippen LogP) is 4.80. The molecule has 19 heavy (non-hydrogen) atoms. The van der Waals surface area contributed by atoms with E-state index in [0.29, 0.717) is 26.3 Å². The van der Waals surface area contributed by atoms with Crippen LogP contribution in [0.25, 0.3) is 0 Å². The molecule has 98 valence electrons.